The number of carbonyl (C=O) groups excluding carboxylic acids is 2. The van der Waals surface area contributed by atoms with Gasteiger partial charge in [0.2, 0.25) is 0 Å². The van der Waals surface area contributed by atoms with Crippen LogP contribution in [-0.2, 0) is 0 Å². The first kappa shape index (κ1) is 21.3. The molecule has 2 saturated heterocycles. The lowest BCUT2D eigenvalue weighted by Gasteiger charge is -2.40. The van der Waals surface area contributed by atoms with Crippen molar-refractivity contribution in [3.63, 3.8) is 0 Å². The van der Waals surface area contributed by atoms with Crippen LogP contribution < -0.4 is 10.2 Å². The average molecular weight is 451 g/mol. The summed E-state index contributed by atoms with van der Waals surface area (Å²) in [6, 6.07) is 14.1. The Morgan fingerprint density at radius 3 is 2.50 bits per heavy atom. The molecule has 0 aliphatic carbocycles. The van der Waals surface area contributed by atoms with Crippen molar-refractivity contribution in [1.82, 2.24) is 9.80 Å². The van der Waals surface area contributed by atoms with Gasteiger partial charge in [0.25, 0.3) is 5.91 Å². The van der Waals surface area contributed by atoms with Crippen molar-refractivity contribution in [2.45, 2.75) is 47.9 Å². The third-order valence-electron chi connectivity index (χ3n) is 6.87. The molecule has 5 rings (SSSR count). The first-order chi connectivity index (χ1) is 15.6. The van der Waals surface area contributed by atoms with Crippen LogP contribution in [-0.4, -0.2) is 61.0 Å². The summed E-state index contributed by atoms with van der Waals surface area (Å²) in [6.45, 7) is 4.00. The van der Waals surface area contributed by atoms with Crippen LogP contribution in [0, 0.1) is 0 Å². The molecule has 1 N–H and O–H groups in total. The molecule has 6 nitrogen and oxygen atoms in total. The van der Waals surface area contributed by atoms with Gasteiger partial charge in [-0.2, -0.15) is 0 Å². The highest BCUT2D eigenvalue weighted by Crippen LogP contribution is 2.41. The Kier molecular flexibility index (Phi) is 6.11. The maximum atomic E-state index is 13.0. The van der Waals surface area contributed by atoms with Gasteiger partial charge in [-0.1, -0.05) is 30.3 Å². The number of rotatable bonds is 2. The molecule has 0 unspecified atom stereocenters. The number of carbonyl (C=O) groups is 2. The molecule has 3 aliphatic rings. The van der Waals surface area contributed by atoms with E-state index < -0.39 is 0 Å². The minimum atomic E-state index is -0.0550. The Bertz CT molecular complexity index is 1010. The highest BCUT2D eigenvalue weighted by atomic mass is 32.2. The number of likely N-dealkylation sites (tertiary alicyclic amines) is 2. The number of nitrogens with zero attached hydrogens (tertiary/aromatic N) is 3. The summed E-state index contributed by atoms with van der Waals surface area (Å²) in [7, 11) is 1.79. The van der Waals surface area contributed by atoms with E-state index in [-0.39, 0.29) is 11.9 Å². The maximum absolute atomic E-state index is 13.0. The van der Waals surface area contributed by atoms with E-state index in [4.69, 9.17) is 0 Å². The summed E-state index contributed by atoms with van der Waals surface area (Å²) in [6.07, 6.45) is 6.05. The molecule has 7 heteroatoms. The summed E-state index contributed by atoms with van der Waals surface area (Å²) < 4.78 is 0. The maximum Gasteiger partial charge on any atom is 0.321 e. The topological polar surface area (TPSA) is 55.9 Å². The van der Waals surface area contributed by atoms with E-state index in [0.29, 0.717) is 11.6 Å². The number of hydrogen-bond donors (Lipinski definition) is 1. The number of anilines is 2. The van der Waals surface area contributed by atoms with Gasteiger partial charge in [0.1, 0.15) is 0 Å². The summed E-state index contributed by atoms with van der Waals surface area (Å²) in [5.74, 6) is -0.0323. The second kappa shape index (κ2) is 9.16. The van der Waals surface area contributed by atoms with Crippen LogP contribution in [0.5, 0.6) is 0 Å². The van der Waals surface area contributed by atoms with E-state index in [0.717, 1.165) is 47.1 Å². The Hall–Kier alpha value is -2.51. The van der Waals surface area contributed by atoms with Crippen LogP contribution in [0.15, 0.2) is 52.3 Å². The molecular weight excluding hydrogens is 420 g/mol. The molecule has 3 heterocycles. The molecule has 3 amide bonds. The summed E-state index contributed by atoms with van der Waals surface area (Å²) >= 11 is 1.59. The van der Waals surface area contributed by atoms with Gasteiger partial charge in [0.15, 0.2) is 0 Å². The zero-order valence-electron chi connectivity index (χ0n) is 18.5. The zero-order valence-corrected chi connectivity index (χ0v) is 19.4. The minimum absolute atomic E-state index is 0.0323. The minimum Gasteiger partial charge on any atom is -0.324 e. The van der Waals surface area contributed by atoms with Gasteiger partial charge in [-0.15, -0.1) is 0 Å². The second-order valence-corrected chi connectivity index (χ2v) is 9.97. The normalized spacial score (nSPS) is 19.8. The van der Waals surface area contributed by atoms with E-state index in [1.54, 1.807) is 23.7 Å². The molecule has 0 spiro atoms. The second-order valence-electron chi connectivity index (χ2n) is 8.89. The molecule has 0 aromatic heterocycles. The first-order valence-corrected chi connectivity index (χ1v) is 12.4. The number of hydrogen-bond acceptors (Lipinski definition) is 4. The third-order valence-corrected chi connectivity index (χ3v) is 8.01. The van der Waals surface area contributed by atoms with Crippen LogP contribution >= 0.6 is 11.8 Å². The van der Waals surface area contributed by atoms with Crippen molar-refractivity contribution in [1.29, 1.82) is 0 Å². The van der Waals surface area contributed by atoms with E-state index in [1.807, 2.05) is 47.4 Å². The highest BCUT2D eigenvalue weighted by molar-refractivity contribution is 7.99. The van der Waals surface area contributed by atoms with Crippen LogP contribution in [0.2, 0.25) is 0 Å². The van der Waals surface area contributed by atoms with Crippen LogP contribution in [0.4, 0.5) is 16.2 Å². The van der Waals surface area contributed by atoms with Crippen molar-refractivity contribution >= 4 is 35.1 Å². The van der Waals surface area contributed by atoms with Crippen molar-refractivity contribution < 1.29 is 9.59 Å². The smallest absolute Gasteiger partial charge is 0.321 e. The fourth-order valence-corrected chi connectivity index (χ4v) is 6.09. The van der Waals surface area contributed by atoms with Gasteiger partial charge >= 0.3 is 6.03 Å². The van der Waals surface area contributed by atoms with Crippen molar-refractivity contribution in [2.75, 3.05) is 43.4 Å². The van der Waals surface area contributed by atoms with Gasteiger partial charge in [-0.3, -0.25) is 4.79 Å². The first-order valence-electron chi connectivity index (χ1n) is 11.6. The van der Waals surface area contributed by atoms with Gasteiger partial charge in [0, 0.05) is 41.7 Å². The van der Waals surface area contributed by atoms with E-state index in [1.165, 1.54) is 32.4 Å². The lowest BCUT2D eigenvalue weighted by atomic mass is 10.0. The van der Waals surface area contributed by atoms with Crippen molar-refractivity contribution in [2.24, 2.45) is 0 Å². The van der Waals surface area contributed by atoms with Crippen LogP contribution in [0.25, 0.3) is 0 Å². The lowest BCUT2D eigenvalue weighted by Crippen LogP contribution is -2.49. The Balaban J connectivity index is 1.25. The Labute approximate surface area is 193 Å². The molecule has 3 aliphatic heterocycles. The molecule has 2 fully saturated rings. The SMILES string of the molecule is CN1C(=O)c2ccccc2Sc2ccc(NC(=O)N3CCC(N4CCCCC4)CC3)cc21. The number of piperidine rings is 2. The molecule has 32 heavy (non-hydrogen) atoms. The van der Waals surface area contributed by atoms with E-state index in [9.17, 15) is 9.59 Å². The summed E-state index contributed by atoms with van der Waals surface area (Å²) in [5.41, 5.74) is 2.24. The van der Waals surface area contributed by atoms with E-state index in [2.05, 4.69) is 10.2 Å². The van der Waals surface area contributed by atoms with E-state index >= 15 is 0 Å². The average Bonchev–Trinajstić information content (AvgIpc) is 2.94. The fourth-order valence-electron chi connectivity index (χ4n) is 5.00. The van der Waals surface area contributed by atoms with Crippen molar-refractivity contribution in [3.05, 3.63) is 48.0 Å². The van der Waals surface area contributed by atoms with Gasteiger partial charge in [-0.05, 0) is 69.1 Å². The monoisotopic (exact) mass is 450 g/mol. The molecule has 2 aromatic carbocycles. The molecule has 0 saturated carbocycles. The predicted molar refractivity (Wildman–Crippen MR) is 129 cm³/mol. The molecule has 0 atom stereocenters. The molecule has 2 aromatic rings. The van der Waals surface area contributed by atoms with Crippen molar-refractivity contribution in [3.8, 4) is 0 Å². The zero-order chi connectivity index (χ0) is 22.1. The lowest BCUT2D eigenvalue weighted by molar-refractivity contribution is 0.0990. The molecule has 168 valence electrons. The largest absolute Gasteiger partial charge is 0.324 e. The third kappa shape index (κ3) is 4.24. The number of benzene rings is 2. The predicted octanol–water partition coefficient (Wildman–Crippen LogP) is 4.91. The summed E-state index contributed by atoms with van der Waals surface area (Å²) in [5, 5.41) is 3.06. The highest BCUT2D eigenvalue weighted by Gasteiger charge is 2.28. The van der Waals surface area contributed by atoms with Gasteiger partial charge in [0.05, 0.1) is 11.3 Å². The number of urea groups is 1. The van der Waals surface area contributed by atoms with Crippen LogP contribution in [0.1, 0.15) is 42.5 Å². The fraction of sp³-hybridized carbons (Fsp3) is 0.440. The molecular formula is C25H30N4O2S. The van der Waals surface area contributed by atoms with Gasteiger partial charge in [-0.25, -0.2) is 4.79 Å². The quantitative estimate of drug-likeness (QED) is 0.706. The summed E-state index contributed by atoms with van der Waals surface area (Å²) in [4.78, 5) is 34.1. The molecule has 0 bridgehead atoms. The number of fused-ring (bicyclic) bond motifs is 2. The number of amides is 3. The Morgan fingerprint density at radius 2 is 1.72 bits per heavy atom. The Morgan fingerprint density at radius 1 is 0.969 bits per heavy atom. The standard InChI is InChI=1S/C25H30N4O2S/c1-27-21-17-18(9-10-23(21)32-22-8-4-3-7-20(22)24(27)30)26-25(31)29-15-11-19(12-16-29)28-13-5-2-6-14-28/h3-4,7-10,17,19H,2,5-6,11-16H2,1H3,(H,26,31). The van der Waals surface area contributed by atoms with Gasteiger partial charge < -0.3 is 20.0 Å². The molecule has 0 radical (unpaired) electrons. The number of nitrogens with one attached hydrogen (secondary N) is 1. The van der Waals surface area contributed by atoms with Crippen LogP contribution in [0.3, 0.4) is 0 Å².